The van der Waals surface area contributed by atoms with E-state index in [4.69, 9.17) is 11.6 Å². The highest BCUT2D eigenvalue weighted by Crippen LogP contribution is 2.14. The number of benzene rings is 2. The van der Waals surface area contributed by atoms with Crippen LogP contribution >= 0.6 is 11.6 Å². The van der Waals surface area contributed by atoms with Crippen molar-refractivity contribution >= 4 is 17.6 Å². The third kappa shape index (κ3) is 4.00. The van der Waals surface area contributed by atoms with Gasteiger partial charge in [0.25, 0.3) is 0 Å². The van der Waals surface area contributed by atoms with Crippen molar-refractivity contribution in [2.45, 2.75) is 19.5 Å². The molecule has 0 fully saturated rings. The van der Waals surface area contributed by atoms with Crippen LogP contribution in [0.1, 0.15) is 24.1 Å². The van der Waals surface area contributed by atoms with Gasteiger partial charge in [0, 0.05) is 11.6 Å². The number of hydrogen-bond acceptors (Lipinski definition) is 1. The van der Waals surface area contributed by atoms with Gasteiger partial charge in [-0.05, 0) is 24.1 Å². The van der Waals surface area contributed by atoms with Gasteiger partial charge in [0.05, 0.1) is 6.04 Å². The fourth-order valence-corrected chi connectivity index (χ4v) is 2.09. The summed E-state index contributed by atoms with van der Waals surface area (Å²) in [4.78, 5) is 11.8. The van der Waals surface area contributed by atoms with Gasteiger partial charge in [0.15, 0.2) is 0 Å². The molecular weight excluding hydrogens is 272 g/mol. The van der Waals surface area contributed by atoms with Crippen LogP contribution in [-0.2, 0) is 6.54 Å². The SMILES string of the molecule is CC(NC(=O)NCc1ccccc1Cl)c1ccccc1. The fraction of sp³-hybridized carbons (Fsp3) is 0.188. The van der Waals surface area contributed by atoms with E-state index in [-0.39, 0.29) is 12.1 Å². The summed E-state index contributed by atoms with van der Waals surface area (Å²) in [5.41, 5.74) is 1.97. The maximum atomic E-state index is 11.8. The summed E-state index contributed by atoms with van der Waals surface area (Å²) in [5, 5.41) is 6.36. The van der Waals surface area contributed by atoms with Crippen molar-refractivity contribution < 1.29 is 4.79 Å². The van der Waals surface area contributed by atoms with Crippen molar-refractivity contribution in [3.05, 3.63) is 70.7 Å². The number of urea groups is 1. The molecule has 0 spiro atoms. The van der Waals surface area contributed by atoms with E-state index < -0.39 is 0 Å². The molecule has 0 aliphatic rings. The van der Waals surface area contributed by atoms with Gasteiger partial charge in [-0.2, -0.15) is 0 Å². The Morgan fingerprint density at radius 3 is 2.45 bits per heavy atom. The molecule has 2 rings (SSSR count). The Labute approximate surface area is 124 Å². The molecule has 2 amide bonds. The van der Waals surface area contributed by atoms with Crippen LogP contribution in [0, 0.1) is 0 Å². The van der Waals surface area contributed by atoms with E-state index in [0.29, 0.717) is 11.6 Å². The molecule has 0 aliphatic carbocycles. The monoisotopic (exact) mass is 288 g/mol. The minimum atomic E-state index is -0.207. The molecule has 0 bridgehead atoms. The van der Waals surface area contributed by atoms with E-state index in [1.807, 2.05) is 61.5 Å². The van der Waals surface area contributed by atoms with Crippen molar-refractivity contribution in [3.63, 3.8) is 0 Å². The van der Waals surface area contributed by atoms with E-state index in [9.17, 15) is 4.79 Å². The lowest BCUT2D eigenvalue weighted by Crippen LogP contribution is -2.36. The molecular formula is C16H17ClN2O. The standard InChI is InChI=1S/C16H17ClN2O/c1-12(13-7-3-2-4-8-13)19-16(20)18-11-14-9-5-6-10-15(14)17/h2-10,12H,11H2,1H3,(H2,18,19,20). The van der Waals surface area contributed by atoms with Gasteiger partial charge in [0.2, 0.25) is 0 Å². The molecule has 4 heteroatoms. The molecule has 1 atom stereocenters. The molecule has 104 valence electrons. The van der Waals surface area contributed by atoms with E-state index in [2.05, 4.69) is 10.6 Å². The Hall–Kier alpha value is -2.00. The molecule has 1 unspecified atom stereocenters. The molecule has 0 aromatic heterocycles. The van der Waals surface area contributed by atoms with Crippen LogP contribution in [0.25, 0.3) is 0 Å². The number of hydrogen-bond donors (Lipinski definition) is 2. The molecule has 20 heavy (non-hydrogen) atoms. The second-order valence-electron chi connectivity index (χ2n) is 4.55. The lowest BCUT2D eigenvalue weighted by atomic mass is 10.1. The number of amides is 2. The first-order chi connectivity index (χ1) is 9.66. The number of rotatable bonds is 4. The average molecular weight is 289 g/mol. The zero-order chi connectivity index (χ0) is 14.4. The summed E-state index contributed by atoms with van der Waals surface area (Å²) in [6.07, 6.45) is 0. The molecule has 0 saturated heterocycles. The predicted octanol–water partition coefficient (Wildman–Crippen LogP) is 3.90. The van der Waals surface area contributed by atoms with Gasteiger partial charge in [-0.3, -0.25) is 0 Å². The highest BCUT2D eigenvalue weighted by atomic mass is 35.5. The number of carbonyl (C=O) groups is 1. The average Bonchev–Trinajstić information content (AvgIpc) is 2.47. The molecule has 0 radical (unpaired) electrons. The summed E-state index contributed by atoms with van der Waals surface area (Å²) >= 11 is 6.04. The first kappa shape index (κ1) is 14.4. The molecule has 2 N–H and O–H groups in total. The van der Waals surface area contributed by atoms with Crippen LogP contribution in [0.5, 0.6) is 0 Å². The van der Waals surface area contributed by atoms with Crippen LogP contribution in [0.2, 0.25) is 5.02 Å². The number of carbonyl (C=O) groups excluding carboxylic acids is 1. The summed E-state index contributed by atoms with van der Waals surface area (Å²) in [7, 11) is 0. The quantitative estimate of drug-likeness (QED) is 0.880. The normalized spacial score (nSPS) is 11.7. The van der Waals surface area contributed by atoms with Gasteiger partial charge in [-0.15, -0.1) is 0 Å². The van der Waals surface area contributed by atoms with E-state index >= 15 is 0 Å². The van der Waals surface area contributed by atoms with Crippen molar-refractivity contribution in [1.29, 1.82) is 0 Å². The van der Waals surface area contributed by atoms with Crippen LogP contribution < -0.4 is 10.6 Å². The van der Waals surface area contributed by atoms with Crippen molar-refractivity contribution in [1.82, 2.24) is 10.6 Å². The lowest BCUT2D eigenvalue weighted by Gasteiger charge is -2.15. The van der Waals surface area contributed by atoms with Crippen LogP contribution in [0.3, 0.4) is 0 Å². The molecule has 0 aliphatic heterocycles. The number of halogens is 1. The summed E-state index contributed by atoms with van der Waals surface area (Å²) < 4.78 is 0. The van der Waals surface area contributed by atoms with Crippen LogP contribution in [0.4, 0.5) is 4.79 Å². The van der Waals surface area contributed by atoms with Crippen LogP contribution in [-0.4, -0.2) is 6.03 Å². The Kier molecular flexibility index (Phi) is 5.02. The molecule has 0 saturated carbocycles. The highest BCUT2D eigenvalue weighted by Gasteiger charge is 2.09. The molecule has 2 aromatic carbocycles. The minimum Gasteiger partial charge on any atom is -0.334 e. The molecule has 0 heterocycles. The smallest absolute Gasteiger partial charge is 0.315 e. The zero-order valence-corrected chi connectivity index (χ0v) is 12.0. The van der Waals surface area contributed by atoms with E-state index in [1.165, 1.54) is 0 Å². The highest BCUT2D eigenvalue weighted by molar-refractivity contribution is 6.31. The minimum absolute atomic E-state index is 0.0394. The summed E-state index contributed by atoms with van der Waals surface area (Å²) in [5.74, 6) is 0. The first-order valence-electron chi connectivity index (χ1n) is 6.49. The fourth-order valence-electron chi connectivity index (χ4n) is 1.89. The number of nitrogens with one attached hydrogen (secondary N) is 2. The maximum Gasteiger partial charge on any atom is 0.315 e. The Morgan fingerprint density at radius 2 is 1.75 bits per heavy atom. The predicted molar refractivity (Wildman–Crippen MR) is 81.7 cm³/mol. The van der Waals surface area contributed by atoms with Gasteiger partial charge in [-0.1, -0.05) is 60.1 Å². The summed E-state index contributed by atoms with van der Waals surface area (Å²) in [6.45, 7) is 2.36. The van der Waals surface area contributed by atoms with Crippen molar-refractivity contribution in [3.8, 4) is 0 Å². The third-order valence-electron chi connectivity index (χ3n) is 3.04. The van der Waals surface area contributed by atoms with Gasteiger partial charge < -0.3 is 10.6 Å². The van der Waals surface area contributed by atoms with Gasteiger partial charge >= 0.3 is 6.03 Å². The summed E-state index contributed by atoms with van der Waals surface area (Å²) in [6, 6.07) is 17.0. The van der Waals surface area contributed by atoms with Gasteiger partial charge in [-0.25, -0.2) is 4.79 Å². The Morgan fingerprint density at radius 1 is 1.10 bits per heavy atom. The van der Waals surface area contributed by atoms with Gasteiger partial charge in [0.1, 0.15) is 0 Å². The molecule has 2 aromatic rings. The Balaban J connectivity index is 1.86. The van der Waals surface area contributed by atoms with Crippen molar-refractivity contribution in [2.75, 3.05) is 0 Å². The zero-order valence-electron chi connectivity index (χ0n) is 11.3. The maximum absolute atomic E-state index is 11.8. The second kappa shape index (κ2) is 6.96. The largest absolute Gasteiger partial charge is 0.334 e. The van der Waals surface area contributed by atoms with Crippen LogP contribution in [0.15, 0.2) is 54.6 Å². The topological polar surface area (TPSA) is 41.1 Å². The third-order valence-corrected chi connectivity index (χ3v) is 3.41. The van der Waals surface area contributed by atoms with E-state index in [1.54, 1.807) is 0 Å². The first-order valence-corrected chi connectivity index (χ1v) is 6.87. The lowest BCUT2D eigenvalue weighted by molar-refractivity contribution is 0.237. The second-order valence-corrected chi connectivity index (χ2v) is 4.96. The van der Waals surface area contributed by atoms with E-state index in [0.717, 1.165) is 11.1 Å². The molecule has 3 nitrogen and oxygen atoms in total. The Bertz CT molecular complexity index is 572. The van der Waals surface area contributed by atoms with Crippen molar-refractivity contribution in [2.24, 2.45) is 0 Å².